The van der Waals surface area contributed by atoms with Gasteiger partial charge in [0, 0.05) is 24.7 Å². The van der Waals surface area contributed by atoms with Gasteiger partial charge < -0.3 is 0 Å². The van der Waals surface area contributed by atoms with E-state index in [1.807, 2.05) is 0 Å². The maximum Gasteiger partial charge on any atom is 0.242 e. The van der Waals surface area contributed by atoms with E-state index >= 15 is 0 Å². The topological polar surface area (TPSA) is 36.9 Å². The summed E-state index contributed by atoms with van der Waals surface area (Å²) < 4.78 is 0. The van der Waals surface area contributed by atoms with Gasteiger partial charge in [0.25, 0.3) is 0 Å². The molecule has 2 bridgehead atoms. The van der Waals surface area contributed by atoms with Gasteiger partial charge in [-0.25, -0.2) is 0 Å². The zero-order valence-electron chi connectivity index (χ0n) is 14.5. The fraction of sp³-hybridized carbons (Fsp3) is 0.700. The van der Waals surface area contributed by atoms with Crippen LogP contribution in [-0.4, -0.2) is 11.6 Å². The number of benzene rings is 1. The summed E-state index contributed by atoms with van der Waals surface area (Å²) in [5, 5.41) is 0. The minimum Gasteiger partial charge on any atom is -0.194 e. The predicted octanol–water partition coefficient (Wildman–Crippen LogP) is 4.18. The lowest BCUT2D eigenvalue weighted by Gasteiger charge is -2.54. The highest BCUT2D eigenvalue weighted by molar-refractivity contribution is 5.34. The summed E-state index contributed by atoms with van der Waals surface area (Å²) in [4.78, 5) is 24.1. The van der Waals surface area contributed by atoms with E-state index < -0.39 is 11.6 Å². The van der Waals surface area contributed by atoms with Crippen LogP contribution in [0.15, 0.2) is 24.3 Å². The molecule has 24 heavy (non-hydrogen) atoms. The molecule has 1 aromatic carbocycles. The Morgan fingerprint density at radius 2 is 1.50 bits per heavy atom. The second-order valence-electron chi connectivity index (χ2n) is 8.60. The third kappa shape index (κ3) is 2.20. The van der Waals surface area contributed by atoms with Crippen molar-refractivity contribution < 1.29 is 19.6 Å². The molecule has 0 N–H and O–H groups in total. The summed E-state index contributed by atoms with van der Waals surface area (Å²) in [6, 6.07) is 8.35. The van der Waals surface area contributed by atoms with Crippen molar-refractivity contribution in [1.82, 2.24) is 0 Å². The zero-order chi connectivity index (χ0) is 16.4. The lowest BCUT2D eigenvalue weighted by atomic mass is 9.62. The van der Waals surface area contributed by atoms with Crippen LogP contribution < -0.4 is 0 Å². The summed E-state index contributed by atoms with van der Waals surface area (Å²) >= 11 is 0. The van der Waals surface area contributed by atoms with Crippen LogP contribution in [0, 0.1) is 23.7 Å². The van der Waals surface area contributed by atoms with Crippen molar-refractivity contribution in [2.24, 2.45) is 23.7 Å². The van der Waals surface area contributed by atoms with Gasteiger partial charge >= 0.3 is 0 Å². The first-order valence-corrected chi connectivity index (χ1v) is 9.39. The van der Waals surface area contributed by atoms with Crippen LogP contribution >= 0.6 is 0 Å². The van der Waals surface area contributed by atoms with Crippen LogP contribution in [0.3, 0.4) is 0 Å². The molecule has 4 heteroatoms. The second-order valence-corrected chi connectivity index (χ2v) is 8.60. The van der Waals surface area contributed by atoms with Gasteiger partial charge in [-0.15, -0.1) is 0 Å². The van der Waals surface area contributed by atoms with Crippen molar-refractivity contribution >= 4 is 0 Å². The Kier molecular flexibility index (Phi) is 3.37. The fourth-order valence-electron chi connectivity index (χ4n) is 5.61. The van der Waals surface area contributed by atoms with Crippen LogP contribution in [0.25, 0.3) is 0 Å². The number of fused-ring (bicyclic) bond motifs is 4. The largest absolute Gasteiger partial charge is 0.242 e. The predicted molar refractivity (Wildman–Crippen MR) is 87.4 cm³/mol. The first-order valence-electron chi connectivity index (χ1n) is 9.39. The normalized spacial score (nSPS) is 39.1. The van der Waals surface area contributed by atoms with Crippen LogP contribution in [0.4, 0.5) is 0 Å². The van der Waals surface area contributed by atoms with E-state index in [1.165, 1.54) is 17.5 Å². The van der Waals surface area contributed by atoms with E-state index in [-0.39, 0.29) is 5.92 Å². The highest BCUT2D eigenvalue weighted by atomic mass is 17.4. The lowest BCUT2D eigenvalue weighted by Crippen LogP contribution is -2.61. The monoisotopic (exact) mass is 330 g/mol. The molecule has 0 amide bonds. The van der Waals surface area contributed by atoms with E-state index in [4.69, 9.17) is 19.6 Å². The number of rotatable bonds is 0. The molecule has 2 saturated carbocycles. The Morgan fingerprint density at radius 1 is 0.833 bits per heavy atom. The fourth-order valence-corrected chi connectivity index (χ4v) is 5.61. The van der Waals surface area contributed by atoms with Gasteiger partial charge in [0.1, 0.15) is 0 Å². The van der Waals surface area contributed by atoms with Crippen molar-refractivity contribution in [2.75, 3.05) is 0 Å². The summed E-state index contributed by atoms with van der Waals surface area (Å²) in [5.41, 5.74) is 2.51. The average Bonchev–Trinajstić information content (AvgIpc) is 2.92. The second kappa shape index (κ2) is 5.28. The van der Waals surface area contributed by atoms with Gasteiger partial charge in [0.2, 0.25) is 11.6 Å². The maximum atomic E-state index is 6.07. The van der Waals surface area contributed by atoms with E-state index in [1.54, 1.807) is 0 Å². The van der Waals surface area contributed by atoms with E-state index in [0.29, 0.717) is 18.8 Å². The van der Waals surface area contributed by atoms with Crippen molar-refractivity contribution in [2.45, 2.75) is 63.9 Å². The Labute approximate surface area is 143 Å². The van der Waals surface area contributed by atoms with Crippen LogP contribution in [0.1, 0.15) is 50.7 Å². The molecule has 3 fully saturated rings. The number of hydrogen-bond donors (Lipinski definition) is 0. The van der Waals surface area contributed by atoms with Gasteiger partial charge in [0.05, 0.1) is 0 Å². The van der Waals surface area contributed by atoms with Gasteiger partial charge in [-0.3, -0.25) is 0 Å². The third-order valence-corrected chi connectivity index (χ3v) is 6.67. The molecule has 130 valence electrons. The van der Waals surface area contributed by atoms with Crippen LogP contribution in [0.5, 0.6) is 0 Å². The zero-order valence-corrected chi connectivity index (χ0v) is 14.5. The minimum absolute atomic E-state index is 0.287. The van der Waals surface area contributed by atoms with Crippen molar-refractivity contribution in [3.63, 3.8) is 0 Å². The van der Waals surface area contributed by atoms with Gasteiger partial charge in [-0.05, 0) is 48.6 Å². The summed E-state index contributed by atoms with van der Waals surface area (Å²) in [6.07, 6.45) is 6.10. The smallest absolute Gasteiger partial charge is 0.194 e. The number of hydrogen-bond acceptors (Lipinski definition) is 4. The molecule has 4 unspecified atom stereocenters. The van der Waals surface area contributed by atoms with E-state index in [2.05, 4.69) is 38.1 Å². The minimum atomic E-state index is -0.814. The summed E-state index contributed by atoms with van der Waals surface area (Å²) in [6.45, 7) is 4.55. The summed E-state index contributed by atoms with van der Waals surface area (Å²) in [5.74, 6) is 0.609. The molecule has 2 spiro atoms. The van der Waals surface area contributed by atoms with Crippen LogP contribution in [-0.2, 0) is 32.4 Å². The molecule has 1 aliphatic heterocycles. The Hall–Kier alpha value is -0.940. The van der Waals surface area contributed by atoms with Crippen LogP contribution in [0.2, 0.25) is 0 Å². The van der Waals surface area contributed by atoms with Gasteiger partial charge in [-0.2, -0.15) is 19.6 Å². The van der Waals surface area contributed by atoms with Gasteiger partial charge in [-0.1, -0.05) is 38.1 Å². The first-order chi connectivity index (χ1) is 11.6. The van der Waals surface area contributed by atoms with Crippen molar-refractivity contribution in [3.8, 4) is 0 Å². The van der Waals surface area contributed by atoms with Crippen molar-refractivity contribution in [1.29, 1.82) is 0 Å². The summed E-state index contributed by atoms with van der Waals surface area (Å²) in [7, 11) is 0. The highest BCUT2D eigenvalue weighted by Gasteiger charge is 2.60. The van der Waals surface area contributed by atoms with E-state index in [9.17, 15) is 0 Å². The molecule has 0 aromatic heterocycles. The molecule has 4 atom stereocenters. The molecule has 1 aromatic rings. The molecular weight excluding hydrogens is 304 g/mol. The molecule has 5 rings (SSSR count). The molecule has 3 aliphatic carbocycles. The Balaban J connectivity index is 1.36. The standard InChI is InChI=1S/C20H26O4/c1-13-7-15-9-14(2)20(18(8-13)10-15)23-21-19(22-24-20)11-16-5-3-4-6-17(16)12-19/h3-6,13-15,18H,7-12H2,1-2H3. The lowest BCUT2D eigenvalue weighted by molar-refractivity contribution is -0.673. The first kappa shape index (κ1) is 15.3. The molecular formula is C20H26O4. The molecule has 4 nitrogen and oxygen atoms in total. The quantitative estimate of drug-likeness (QED) is 0.669. The molecule has 4 aliphatic rings. The van der Waals surface area contributed by atoms with Crippen molar-refractivity contribution in [3.05, 3.63) is 35.4 Å². The molecule has 0 radical (unpaired) electrons. The highest BCUT2D eigenvalue weighted by Crippen LogP contribution is 2.55. The molecule has 1 heterocycles. The SMILES string of the molecule is CC1CC2CC(C)C3(OOC4(Cc5ccccc5C4)OO3)C(C1)C2. The Bertz CT molecular complexity index is 603. The van der Waals surface area contributed by atoms with Gasteiger partial charge in [0.15, 0.2) is 0 Å². The third-order valence-electron chi connectivity index (χ3n) is 6.67. The van der Waals surface area contributed by atoms with E-state index in [0.717, 1.165) is 31.1 Å². The average molecular weight is 330 g/mol. The Morgan fingerprint density at radius 3 is 2.17 bits per heavy atom. The molecule has 1 saturated heterocycles. The maximum absolute atomic E-state index is 6.07.